The van der Waals surface area contributed by atoms with Gasteiger partial charge < -0.3 is 10.2 Å². The van der Waals surface area contributed by atoms with E-state index in [0.717, 1.165) is 6.08 Å². The monoisotopic (exact) mass is 169 g/mol. The van der Waals surface area contributed by atoms with E-state index in [2.05, 4.69) is 13.2 Å². The lowest BCUT2D eigenvalue weighted by molar-refractivity contribution is -0.132. The molecule has 0 amide bonds. The molecule has 2 N–H and O–H groups in total. The number of nitrogens with zero attached hydrogens (tertiary/aromatic N) is 1. The Morgan fingerprint density at radius 2 is 1.75 bits per heavy atom. The molecule has 0 unspecified atom stereocenters. The van der Waals surface area contributed by atoms with Gasteiger partial charge in [0, 0.05) is 6.08 Å². The molecule has 0 heterocycles. The van der Waals surface area contributed by atoms with Crippen molar-refractivity contribution < 1.29 is 19.8 Å². The van der Waals surface area contributed by atoms with Gasteiger partial charge >= 0.3 is 11.9 Å². The van der Waals surface area contributed by atoms with Gasteiger partial charge in [-0.15, -0.1) is 0 Å². The lowest BCUT2D eigenvalue weighted by atomic mass is 10.4. The summed E-state index contributed by atoms with van der Waals surface area (Å²) in [5, 5.41) is 23.2. The maximum atomic E-state index is 9.61. The molecule has 0 aliphatic rings. The molecule has 0 atom stereocenters. The van der Waals surface area contributed by atoms with E-state index in [0.29, 0.717) is 0 Å². The molecule has 12 heavy (non-hydrogen) atoms. The number of nitriles is 1. The van der Waals surface area contributed by atoms with E-state index < -0.39 is 17.5 Å². The molecule has 0 aromatic carbocycles. The van der Waals surface area contributed by atoms with E-state index in [1.54, 1.807) is 0 Å². The Kier molecular flexibility index (Phi) is 7.36. The first kappa shape index (κ1) is 12.6. The third-order valence-corrected chi connectivity index (χ3v) is 0.568. The van der Waals surface area contributed by atoms with Crippen LogP contribution < -0.4 is 0 Å². The zero-order chi connectivity index (χ0) is 10.1. The van der Waals surface area contributed by atoms with Crippen LogP contribution in [-0.4, -0.2) is 22.2 Å². The Bertz CT molecular complexity index is 249. The van der Waals surface area contributed by atoms with Crippen LogP contribution in [0.2, 0.25) is 0 Å². The first-order valence-corrected chi connectivity index (χ1v) is 2.63. The van der Waals surface area contributed by atoms with Gasteiger partial charge in [0.15, 0.2) is 0 Å². The Morgan fingerprint density at radius 3 is 1.75 bits per heavy atom. The van der Waals surface area contributed by atoms with E-state index in [1.807, 2.05) is 0 Å². The zero-order valence-electron chi connectivity index (χ0n) is 6.15. The number of rotatable bonds is 2. The van der Waals surface area contributed by atoms with Crippen molar-refractivity contribution in [1.29, 1.82) is 5.26 Å². The maximum Gasteiger partial charge on any atom is 0.345 e. The van der Waals surface area contributed by atoms with Gasteiger partial charge in [-0.05, 0) is 0 Å². The van der Waals surface area contributed by atoms with E-state index in [-0.39, 0.29) is 0 Å². The highest BCUT2D eigenvalue weighted by Gasteiger charge is 1.97. The van der Waals surface area contributed by atoms with Gasteiger partial charge in [-0.2, -0.15) is 5.26 Å². The van der Waals surface area contributed by atoms with Gasteiger partial charge in [0.2, 0.25) is 0 Å². The summed E-state index contributed by atoms with van der Waals surface area (Å²) >= 11 is 0. The number of carbonyl (C=O) groups is 2. The predicted molar refractivity (Wildman–Crippen MR) is 40.2 cm³/mol. The van der Waals surface area contributed by atoms with Crippen molar-refractivity contribution in [2.75, 3.05) is 0 Å². The van der Waals surface area contributed by atoms with Crippen LogP contribution in [0.4, 0.5) is 0 Å². The van der Waals surface area contributed by atoms with Crippen molar-refractivity contribution in [3.05, 3.63) is 24.8 Å². The van der Waals surface area contributed by atoms with Crippen LogP contribution in [0.3, 0.4) is 0 Å². The molecule has 0 aliphatic heterocycles. The summed E-state index contributed by atoms with van der Waals surface area (Å²) in [6, 6.07) is 1.37. The van der Waals surface area contributed by atoms with Crippen LogP contribution in [0.15, 0.2) is 24.8 Å². The smallest absolute Gasteiger partial charge is 0.345 e. The van der Waals surface area contributed by atoms with Crippen LogP contribution >= 0.6 is 0 Å². The quantitative estimate of drug-likeness (QED) is 0.460. The minimum absolute atomic E-state index is 0.431. The van der Waals surface area contributed by atoms with E-state index in [1.165, 1.54) is 6.07 Å². The minimum Gasteiger partial charge on any atom is -0.478 e. The van der Waals surface area contributed by atoms with Gasteiger partial charge in [0.05, 0.1) is 0 Å². The second-order valence-electron chi connectivity index (χ2n) is 1.44. The SMILES string of the molecule is C=C(C#N)C(=O)O.C=CC(=O)O. The average Bonchev–Trinajstić information content (AvgIpc) is 2.04. The third-order valence-electron chi connectivity index (χ3n) is 0.568. The molecule has 0 rings (SSSR count). The highest BCUT2D eigenvalue weighted by molar-refractivity contribution is 5.90. The van der Waals surface area contributed by atoms with E-state index >= 15 is 0 Å². The summed E-state index contributed by atoms with van der Waals surface area (Å²) in [7, 11) is 0. The standard InChI is InChI=1S/C4H3NO2.C3H4O2/c1-3(2-5)4(6)7;1-2-3(4)5/h1H2,(H,6,7);2H,1H2,(H,4,5). The molecule has 0 saturated heterocycles. The second-order valence-corrected chi connectivity index (χ2v) is 1.44. The van der Waals surface area contributed by atoms with Crippen LogP contribution in [0.25, 0.3) is 0 Å². The summed E-state index contributed by atoms with van der Waals surface area (Å²) in [6.45, 7) is 5.87. The third kappa shape index (κ3) is 10.8. The maximum absolute atomic E-state index is 9.61. The summed E-state index contributed by atoms with van der Waals surface area (Å²) in [6.07, 6.45) is 0.833. The highest BCUT2D eigenvalue weighted by Crippen LogP contribution is 1.81. The summed E-state index contributed by atoms with van der Waals surface area (Å²) in [5.41, 5.74) is -0.431. The number of hydrogen-bond acceptors (Lipinski definition) is 3. The first-order valence-electron chi connectivity index (χ1n) is 2.63. The van der Waals surface area contributed by atoms with Gasteiger partial charge in [-0.25, -0.2) is 9.59 Å². The lowest BCUT2D eigenvalue weighted by Crippen LogP contribution is -1.94. The van der Waals surface area contributed by atoms with E-state index in [9.17, 15) is 9.59 Å². The first-order chi connectivity index (χ1) is 5.45. The molecule has 0 aromatic rings. The van der Waals surface area contributed by atoms with Crippen LogP contribution in [0.5, 0.6) is 0 Å². The molecule has 64 valence electrons. The summed E-state index contributed by atoms with van der Waals surface area (Å²) < 4.78 is 0. The van der Waals surface area contributed by atoms with Crippen LogP contribution in [-0.2, 0) is 9.59 Å². The van der Waals surface area contributed by atoms with Gasteiger partial charge in [0.1, 0.15) is 11.6 Å². The van der Waals surface area contributed by atoms with Crippen molar-refractivity contribution in [1.82, 2.24) is 0 Å². The van der Waals surface area contributed by atoms with Crippen LogP contribution in [0.1, 0.15) is 0 Å². The van der Waals surface area contributed by atoms with Crippen molar-refractivity contribution in [3.8, 4) is 6.07 Å². The Morgan fingerprint density at radius 1 is 1.42 bits per heavy atom. The predicted octanol–water partition coefficient (Wildman–Crippen LogP) is 0.408. The van der Waals surface area contributed by atoms with Crippen LogP contribution in [0, 0.1) is 11.3 Å². The molecular weight excluding hydrogens is 162 g/mol. The number of carboxylic acids is 2. The minimum atomic E-state index is -1.26. The molecule has 0 spiro atoms. The molecule has 0 fully saturated rings. The van der Waals surface area contributed by atoms with Crippen molar-refractivity contribution in [2.45, 2.75) is 0 Å². The molecular formula is C7H7NO4. The van der Waals surface area contributed by atoms with Crippen molar-refractivity contribution >= 4 is 11.9 Å². The Balaban J connectivity index is 0. The van der Waals surface area contributed by atoms with E-state index in [4.69, 9.17) is 15.5 Å². The largest absolute Gasteiger partial charge is 0.478 e. The van der Waals surface area contributed by atoms with Crippen molar-refractivity contribution in [2.24, 2.45) is 0 Å². The summed E-state index contributed by atoms with van der Waals surface area (Å²) in [5.74, 6) is -2.24. The lowest BCUT2D eigenvalue weighted by Gasteiger charge is -1.76. The van der Waals surface area contributed by atoms with Gasteiger partial charge in [-0.1, -0.05) is 13.2 Å². The topological polar surface area (TPSA) is 98.4 Å². The summed E-state index contributed by atoms with van der Waals surface area (Å²) in [4.78, 5) is 18.9. The normalized spacial score (nSPS) is 6.58. The zero-order valence-corrected chi connectivity index (χ0v) is 6.15. The molecule has 0 saturated carbocycles. The van der Waals surface area contributed by atoms with Gasteiger partial charge in [0.25, 0.3) is 0 Å². The molecule has 0 aromatic heterocycles. The average molecular weight is 169 g/mol. The Labute approximate surface area is 68.9 Å². The van der Waals surface area contributed by atoms with Crippen molar-refractivity contribution in [3.63, 3.8) is 0 Å². The number of carboxylic acid groups (broad SMARTS) is 2. The second kappa shape index (κ2) is 7.02. The number of aliphatic carboxylic acids is 2. The molecule has 0 aliphatic carbocycles. The molecule has 5 nitrogen and oxygen atoms in total. The molecule has 0 bridgehead atoms. The molecule has 5 heteroatoms. The fraction of sp³-hybridized carbons (Fsp3) is 0. The van der Waals surface area contributed by atoms with Gasteiger partial charge in [-0.3, -0.25) is 0 Å². The molecule has 0 radical (unpaired) electrons. The fourth-order valence-electron chi connectivity index (χ4n) is 0.0478. The fourth-order valence-corrected chi connectivity index (χ4v) is 0.0478. The highest BCUT2D eigenvalue weighted by atomic mass is 16.4. The Hall–Kier alpha value is -2.09. The number of hydrogen-bond donors (Lipinski definition) is 2.